The summed E-state index contributed by atoms with van der Waals surface area (Å²) in [6.45, 7) is 1.95. The molecule has 0 saturated carbocycles. The molecule has 90 valence electrons. The number of hydrogen-bond acceptors (Lipinski definition) is 3. The number of nitrogens with zero attached hydrogens (tertiary/aromatic N) is 1. The highest BCUT2D eigenvalue weighted by atomic mass is 16.3. The number of furan rings is 1. The van der Waals surface area contributed by atoms with Crippen LogP contribution in [0.4, 0.5) is 0 Å². The van der Waals surface area contributed by atoms with E-state index in [2.05, 4.69) is 5.32 Å². The van der Waals surface area contributed by atoms with E-state index >= 15 is 0 Å². The van der Waals surface area contributed by atoms with Crippen LogP contribution in [0.2, 0.25) is 0 Å². The van der Waals surface area contributed by atoms with Crippen LogP contribution < -0.4 is 5.32 Å². The van der Waals surface area contributed by atoms with Gasteiger partial charge in [0.15, 0.2) is 6.04 Å². The molecule has 0 bridgehead atoms. The van der Waals surface area contributed by atoms with Crippen LogP contribution in [-0.4, -0.2) is 5.91 Å². The molecule has 1 amide bonds. The number of amides is 1. The van der Waals surface area contributed by atoms with Crippen molar-refractivity contribution >= 4 is 5.91 Å². The van der Waals surface area contributed by atoms with Crippen LogP contribution in [0.15, 0.2) is 47.1 Å². The van der Waals surface area contributed by atoms with Crippen molar-refractivity contribution in [3.8, 4) is 6.07 Å². The predicted molar refractivity (Wildman–Crippen MR) is 65.7 cm³/mol. The molecule has 0 aliphatic carbocycles. The van der Waals surface area contributed by atoms with Crippen LogP contribution >= 0.6 is 0 Å². The lowest BCUT2D eigenvalue weighted by atomic mass is 10.1. The SMILES string of the molecule is Cc1ccc(C(=O)NC(C#N)c2ccco2)cc1. The molecule has 18 heavy (non-hydrogen) atoms. The molecule has 1 aromatic carbocycles. The fraction of sp³-hybridized carbons (Fsp3) is 0.143. The molecule has 1 heterocycles. The number of carbonyl (C=O) groups is 1. The zero-order chi connectivity index (χ0) is 13.0. The van der Waals surface area contributed by atoms with Gasteiger partial charge in [-0.1, -0.05) is 17.7 Å². The number of nitrogens with one attached hydrogen (secondary N) is 1. The lowest BCUT2D eigenvalue weighted by Crippen LogP contribution is -2.27. The monoisotopic (exact) mass is 240 g/mol. The maximum atomic E-state index is 11.9. The Morgan fingerprint density at radius 2 is 2.06 bits per heavy atom. The fourth-order valence-corrected chi connectivity index (χ4v) is 1.54. The fourth-order valence-electron chi connectivity index (χ4n) is 1.54. The molecule has 0 fully saturated rings. The zero-order valence-corrected chi connectivity index (χ0v) is 9.88. The Kier molecular flexibility index (Phi) is 3.44. The number of benzene rings is 1. The first kappa shape index (κ1) is 11.9. The van der Waals surface area contributed by atoms with E-state index in [1.165, 1.54) is 6.26 Å². The molecule has 2 aromatic rings. The Labute approximate surface area is 105 Å². The normalized spacial score (nSPS) is 11.6. The third-order valence-corrected chi connectivity index (χ3v) is 2.55. The second-order valence-corrected chi connectivity index (χ2v) is 3.92. The molecule has 4 heteroatoms. The predicted octanol–water partition coefficient (Wildman–Crippen LogP) is 2.58. The van der Waals surface area contributed by atoms with Crippen LogP contribution in [0, 0.1) is 18.3 Å². The molecule has 1 aromatic heterocycles. The number of nitriles is 1. The Hall–Kier alpha value is -2.54. The minimum absolute atomic E-state index is 0.294. The third kappa shape index (κ3) is 2.58. The summed E-state index contributed by atoms with van der Waals surface area (Å²) in [4.78, 5) is 11.9. The Balaban J connectivity index is 2.11. The molecule has 0 spiro atoms. The summed E-state index contributed by atoms with van der Waals surface area (Å²) in [5, 5.41) is 11.6. The van der Waals surface area contributed by atoms with E-state index in [0.29, 0.717) is 11.3 Å². The van der Waals surface area contributed by atoms with E-state index in [9.17, 15) is 4.79 Å². The standard InChI is InChI=1S/C14H12N2O2/c1-10-4-6-11(7-5-10)14(17)16-12(9-15)13-3-2-8-18-13/h2-8,12H,1H3,(H,16,17). The highest BCUT2D eigenvalue weighted by Gasteiger charge is 2.17. The first-order valence-electron chi connectivity index (χ1n) is 5.51. The Morgan fingerprint density at radius 1 is 1.33 bits per heavy atom. The molecule has 1 N–H and O–H groups in total. The smallest absolute Gasteiger partial charge is 0.252 e. The van der Waals surface area contributed by atoms with E-state index in [1.54, 1.807) is 24.3 Å². The van der Waals surface area contributed by atoms with Gasteiger partial charge in [0.1, 0.15) is 5.76 Å². The number of carbonyl (C=O) groups excluding carboxylic acids is 1. The van der Waals surface area contributed by atoms with Crippen molar-refractivity contribution in [2.45, 2.75) is 13.0 Å². The van der Waals surface area contributed by atoms with Crippen molar-refractivity contribution < 1.29 is 9.21 Å². The summed E-state index contributed by atoms with van der Waals surface area (Å²) >= 11 is 0. The van der Waals surface area contributed by atoms with Crippen LogP contribution in [0.3, 0.4) is 0 Å². The van der Waals surface area contributed by atoms with Crippen molar-refractivity contribution in [3.63, 3.8) is 0 Å². The van der Waals surface area contributed by atoms with Crippen molar-refractivity contribution in [2.24, 2.45) is 0 Å². The van der Waals surface area contributed by atoms with E-state index in [1.807, 2.05) is 25.1 Å². The first-order valence-corrected chi connectivity index (χ1v) is 5.51. The van der Waals surface area contributed by atoms with Crippen LogP contribution in [0.25, 0.3) is 0 Å². The molecular formula is C14H12N2O2. The summed E-state index contributed by atoms with van der Waals surface area (Å²) in [5.74, 6) is 0.135. The van der Waals surface area contributed by atoms with Gasteiger partial charge < -0.3 is 9.73 Å². The van der Waals surface area contributed by atoms with Crippen molar-refractivity contribution in [3.05, 3.63) is 59.5 Å². The summed E-state index contributed by atoms with van der Waals surface area (Å²) in [6, 6.07) is 11.7. The average Bonchev–Trinajstić information content (AvgIpc) is 2.90. The molecule has 0 aliphatic rings. The van der Waals surface area contributed by atoms with Crippen LogP contribution in [0.1, 0.15) is 27.7 Å². The Morgan fingerprint density at radius 3 is 2.61 bits per heavy atom. The summed E-state index contributed by atoms with van der Waals surface area (Å²) in [7, 11) is 0. The van der Waals surface area contributed by atoms with Gasteiger partial charge in [0.25, 0.3) is 5.91 Å². The van der Waals surface area contributed by atoms with Gasteiger partial charge in [0.05, 0.1) is 12.3 Å². The van der Waals surface area contributed by atoms with E-state index in [0.717, 1.165) is 5.56 Å². The highest BCUT2D eigenvalue weighted by Crippen LogP contribution is 2.13. The largest absolute Gasteiger partial charge is 0.466 e. The minimum atomic E-state index is -0.770. The zero-order valence-electron chi connectivity index (χ0n) is 9.88. The van der Waals surface area contributed by atoms with Gasteiger partial charge in [-0.3, -0.25) is 4.79 Å². The lowest BCUT2D eigenvalue weighted by Gasteiger charge is -2.09. The van der Waals surface area contributed by atoms with Crippen molar-refractivity contribution in [2.75, 3.05) is 0 Å². The highest BCUT2D eigenvalue weighted by molar-refractivity contribution is 5.94. The first-order chi connectivity index (χ1) is 8.70. The van der Waals surface area contributed by atoms with E-state index < -0.39 is 6.04 Å². The molecular weight excluding hydrogens is 228 g/mol. The van der Waals surface area contributed by atoms with E-state index in [-0.39, 0.29) is 5.91 Å². The second-order valence-electron chi connectivity index (χ2n) is 3.92. The van der Waals surface area contributed by atoms with Gasteiger partial charge in [-0.05, 0) is 31.2 Å². The topological polar surface area (TPSA) is 66.0 Å². The summed E-state index contributed by atoms with van der Waals surface area (Å²) in [5.41, 5.74) is 1.60. The lowest BCUT2D eigenvalue weighted by molar-refractivity contribution is 0.0941. The van der Waals surface area contributed by atoms with Crippen LogP contribution in [0.5, 0.6) is 0 Å². The maximum Gasteiger partial charge on any atom is 0.252 e. The number of rotatable bonds is 3. The van der Waals surface area contributed by atoms with Crippen molar-refractivity contribution in [1.29, 1.82) is 5.26 Å². The third-order valence-electron chi connectivity index (χ3n) is 2.55. The summed E-state index contributed by atoms with van der Waals surface area (Å²) < 4.78 is 5.11. The van der Waals surface area contributed by atoms with Gasteiger partial charge in [0.2, 0.25) is 0 Å². The molecule has 1 atom stereocenters. The summed E-state index contributed by atoms with van der Waals surface area (Å²) in [6.07, 6.45) is 1.47. The quantitative estimate of drug-likeness (QED) is 0.896. The van der Waals surface area contributed by atoms with Gasteiger partial charge >= 0.3 is 0 Å². The molecule has 0 saturated heterocycles. The molecule has 0 radical (unpaired) electrons. The molecule has 2 rings (SSSR count). The molecule has 0 aliphatic heterocycles. The van der Waals surface area contributed by atoms with Crippen molar-refractivity contribution in [1.82, 2.24) is 5.32 Å². The second kappa shape index (κ2) is 5.19. The van der Waals surface area contributed by atoms with Gasteiger partial charge in [-0.25, -0.2) is 0 Å². The average molecular weight is 240 g/mol. The maximum absolute atomic E-state index is 11.9. The Bertz CT molecular complexity index is 565. The van der Waals surface area contributed by atoms with Gasteiger partial charge in [-0.15, -0.1) is 0 Å². The van der Waals surface area contributed by atoms with Crippen LogP contribution in [-0.2, 0) is 0 Å². The number of aryl methyl sites for hydroxylation is 1. The van der Waals surface area contributed by atoms with Gasteiger partial charge in [0, 0.05) is 5.56 Å². The van der Waals surface area contributed by atoms with Gasteiger partial charge in [-0.2, -0.15) is 5.26 Å². The molecule has 1 unspecified atom stereocenters. The number of hydrogen-bond donors (Lipinski definition) is 1. The minimum Gasteiger partial charge on any atom is -0.466 e. The molecule has 4 nitrogen and oxygen atoms in total. The van der Waals surface area contributed by atoms with E-state index in [4.69, 9.17) is 9.68 Å².